The van der Waals surface area contributed by atoms with E-state index in [1.54, 1.807) is 0 Å². The zero-order valence-electron chi connectivity index (χ0n) is 10.4. The van der Waals surface area contributed by atoms with Gasteiger partial charge in [-0.05, 0) is 51.5 Å². The van der Waals surface area contributed by atoms with E-state index in [2.05, 4.69) is 16.7 Å². The normalized spacial score (nSPS) is 38.5. The summed E-state index contributed by atoms with van der Waals surface area (Å²) in [5.41, 5.74) is 0. The van der Waals surface area contributed by atoms with Crippen LogP contribution in [0.2, 0.25) is 0 Å². The number of hydrogen-bond acceptors (Lipinski definition) is 3. The molecule has 2 bridgehead atoms. The summed E-state index contributed by atoms with van der Waals surface area (Å²) in [7, 11) is -0.763. The number of piperidine rings is 1. The molecule has 3 rings (SSSR count). The number of rotatable bonds is 4. The minimum absolute atomic E-state index is 0.0783. The SMILES string of the molecule is CN1C2CC[C@@H]1C[C@@H](CNS(=O)(=O)C1CC1)C2. The molecule has 1 N–H and O–H groups in total. The van der Waals surface area contributed by atoms with Crippen LogP contribution >= 0.6 is 0 Å². The summed E-state index contributed by atoms with van der Waals surface area (Å²) in [6.45, 7) is 0.666. The molecule has 2 saturated heterocycles. The maximum atomic E-state index is 11.8. The minimum atomic E-state index is -2.98. The van der Waals surface area contributed by atoms with Crippen molar-refractivity contribution in [3.05, 3.63) is 0 Å². The van der Waals surface area contributed by atoms with Crippen molar-refractivity contribution in [2.24, 2.45) is 5.92 Å². The summed E-state index contributed by atoms with van der Waals surface area (Å²) < 4.78 is 26.3. The Morgan fingerprint density at radius 2 is 1.71 bits per heavy atom. The molecule has 3 aliphatic rings. The Balaban J connectivity index is 1.53. The minimum Gasteiger partial charge on any atom is -0.300 e. The molecule has 0 aromatic rings. The quantitative estimate of drug-likeness (QED) is 0.816. The van der Waals surface area contributed by atoms with E-state index in [0.717, 1.165) is 12.8 Å². The first kappa shape index (κ1) is 11.9. The Bertz CT molecular complexity index is 377. The maximum absolute atomic E-state index is 11.8. The molecule has 98 valence electrons. The first-order valence-electron chi connectivity index (χ1n) is 6.76. The van der Waals surface area contributed by atoms with Crippen LogP contribution in [0.3, 0.4) is 0 Å². The highest BCUT2D eigenvalue weighted by atomic mass is 32.2. The molecule has 0 aromatic heterocycles. The lowest BCUT2D eigenvalue weighted by molar-refractivity contribution is 0.135. The monoisotopic (exact) mass is 258 g/mol. The molecule has 4 nitrogen and oxygen atoms in total. The van der Waals surface area contributed by atoms with Crippen LogP contribution in [-0.2, 0) is 10.0 Å². The fraction of sp³-hybridized carbons (Fsp3) is 1.00. The Morgan fingerprint density at radius 1 is 1.12 bits per heavy atom. The third kappa shape index (κ3) is 2.37. The van der Waals surface area contributed by atoms with Crippen LogP contribution in [0.1, 0.15) is 38.5 Å². The summed E-state index contributed by atoms with van der Waals surface area (Å²) in [6, 6.07) is 1.40. The highest BCUT2D eigenvalue weighted by Crippen LogP contribution is 2.37. The second-order valence-corrected chi connectivity index (χ2v) is 8.03. The van der Waals surface area contributed by atoms with Crippen LogP contribution in [0.4, 0.5) is 0 Å². The van der Waals surface area contributed by atoms with Gasteiger partial charge in [-0.2, -0.15) is 0 Å². The molecule has 3 atom stereocenters. The van der Waals surface area contributed by atoms with Gasteiger partial charge < -0.3 is 4.90 Å². The van der Waals surface area contributed by atoms with Gasteiger partial charge in [-0.25, -0.2) is 13.1 Å². The number of nitrogens with zero attached hydrogens (tertiary/aromatic N) is 1. The van der Waals surface area contributed by atoms with E-state index in [0.29, 0.717) is 24.5 Å². The highest BCUT2D eigenvalue weighted by Gasteiger charge is 2.40. The van der Waals surface area contributed by atoms with E-state index in [9.17, 15) is 8.42 Å². The van der Waals surface area contributed by atoms with E-state index < -0.39 is 10.0 Å². The van der Waals surface area contributed by atoms with Gasteiger partial charge in [-0.15, -0.1) is 0 Å². The molecule has 0 radical (unpaired) electrons. The van der Waals surface area contributed by atoms with Gasteiger partial charge in [0.2, 0.25) is 10.0 Å². The fourth-order valence-electron chi connectivity index (χ4n) is 3.42. The molecule has 0 aromatic carbocycles. The van der Waals surface area contributed by atoms with Gasteiger partial charge in [-0.1, -0.05) is 0 Å². The number of hydrogen-bond donors (Lipinski definition) is 1. The molecule has 17 heavy (non-hydrogen) atoms. The van der Waals surface area contributed by atoms with Gasteiger partial charge in [0.1, 0.15) is 0 Å². The molecule has 0 amide bonds. The average Bonchev–Trinajstić information content (AvgIpc) is 3.10. The molecule has 1 saturated carbocycles. The van der Waals surface area contributed by atoms with Crippen LogP contribution in [-0.4, -0.2) is 44.2 Å². The predicted octanol–water partition coefficient (Wildman–Crippen LogP) is 0.941. The molecule has 2 aliphatic heterocycles. The molecule has 5 heteroatoms. The van der Waals surface area contributed by atoms with Crippen LogP contribution < -0.4 is 4.72 Å². The van der Waals surface area contributed by atoms with Gasteiger partial charge in [-0.3, -0.25) is 0 Å². The van der Waals surface area contributed by atoms with Crippen molar-refractivity contribution in [1.82, 2.24) is 9.62 Å². The van der Waals surface area contributed by atoms with Crippen molar-refractivity contribution >= 4 is 10.0 Å². The fourth-order valence-corrected chi connectivity index (χ4v) is 4.88. The van der Waals surface area contributed by atoms with Crippen molar-refractivity contribution in [3.8, 4) is 0 Å². The van der Waals surface area contributed by atoms with Crippen molar-refractivity contribution < 1.29 is 8.42 Å². The van der Waals surface area contributed by atoms with E-state index in [-0.39, 0.29) is 5.25 Å². The molecule has 2 heterocycles. The van der Waals surface area contributed by atoms with Crippen molar-refractivity contribution in [2.75, 3.05) is 13.6 Å². The zero-order chi connectivity index (χ0) is 12.0. The lowest BCUT2D eigenvalue weighted by Crippen LogP contribution is -2.43. The largest absolute Gasteiger partial charge is 0.300 e. The van der Waals surface area contributed by atoms with Gasteiger partial charge >= 0.3 is 0 Å². The summed E-state index contributed by atoms with van der Waals surface area (Å²) in [4.78, 5) is 2.49. The molecule has 0 spiro atoms. The van der Waals surface area contributed by atoms with Gasteiger partial charge in [0, 0.05) is 18.6 Å². The Morgan fingerprint density at radius 3 is 2.24 bits per heavy atom. The number of sulfonamides is 1. The molecular weight excluding hydrogens is 236 g/mol. The van der Waals surface area contributed by atoms with Crippen LogP contribution in [0, 0.1) is 5.92 Å². The van der Waals surface area contributed by atoms with E-state index >= 15 is 0 Å². The lowest BCUT2D eigenvalue weighted by Gasteiger charge is -2.36. The molecule has 1 unspecified atom stereocenters. The summed E-state index contributed by atoms with van der Waals surface area (Å²) in [5.74, 6) is 0.553. The first-order chi connectivity index (χ1) is 8.06. The van der Waals surface area contributed by atoms with Crippen LogP contribution in [0.25, 0.3) is 0 Å². The van der Waals surface area contributed by atoms with Crippen molar-refractivity contribution in [1.29, 1.82) is 0 Å². The third-order valence-electron chi connectivity index (χ3n) is 4.73. The third-order valence-corrected chi connectivity index (χ3v) is 6.65. The Hall–Kier alpha value is -0.130. The average molecular weight is 258 g/mol. The smallest absolute Gasteiger partial charge is 0.214 e. The topological polar surface area (TPSA) is 49.4 Å². The first-order valence-corrected chi connectivity index (χ1v) is 8.31. The van der Waals surface area contributed by atoms with Gasteiger partial charge in [0.25, 0.3) is 0 Å². The van der Waals surface area contributed by atoms with E-state index in [1.165, 1.54) is 25.7 Å². The highest BCUT2D eigenvalue weighted by molar-refractivity contribution is 7.90. The Kier molecular flexibility index (Phi) is 2.96. The lowest BCUT2D eigenvalue weighted by atomic mass is 9.91. The van der Waals surface area contributed by atoms with Gasteiger partial charge in [0.05, 0.1) is 5.25 Å². The number of fused-ring (bicyclic) bond motifs is 2. The predicted molar refractivity (Wildman–Crippen MR) is 67.2 cm³/mol. The number of nitrogens with one attached hydrogen (secondary N) is 1. The molecule has 3 fully saturated rings. The maximum Gasteiger partial charge on any atom is 0.214 e. The summed E-state index contributed by atoms with van der Waals surface area (Å²) >= 11 is 0. The van der Waals surface area contributed by atoms with Crippen LogP contribution in [0.5, 0.6) is 0 Å². The van der Waals surface area contributed by atoms with E-state index in [1.807, 2.05) is 0 Å². The summed E-state index contributed by atoms with van der Waals surface area (Å²) in [6.07, 6.45) is 6.64. The zero-order valence-corrected chi connectivity index (χ0v) is 11.2. The second kappa shape index (κ2) is 4.21. The van der Waals surface area contributed by atoms with Crippen molar-refractivity contribution in [2.45, 2.75) is 55.9 Å². The van der Waals surface area contributed by atoms with Gasteiger partial charge in [0.15, 0.2) is 0 Å². The van der Waals surface area contributed by atoms with Crippen molar-refractivity contribution in [3.63, 3.8) is 0 Å². The van der Waals surface area contributed by atoms with Crippen LogP contribution in [0.15, 0.2) is 0 Å². The summed E-state index contributed by atoms with van der Waals surface area (Å²) in [5, 5.41) is -0.0783. The molecular formula is C12H22N2O2S. The van der Waals surface area contributed by atoms with E-state index in [4.69, 9.17) is 0 Å². The standard InChI is InChI=1S/C12H22N2O2S/c1-14-10-2-3-11(14)7-9(6-10)8-13-17(15,16)12-4-5-12/h9-13H,2-8H2,1H3/t9-,10-,11?/m1/s1. The second-order valence-electron chi connectivity index (χ2n) is 5.98. The molecule has 1 aliphatic carbocycles. The Labute approximate surface area is 104 Å².